The fraction of sp³-hybridized carbons (Fsp3) is 0.0556. The molecule has 0 aliphatic carbocycles. The maximum absolute atomic E-state index is 11.1. The summed E-state index contributed by atoms with van der Waals surface area (Å²) in [7, 11) is 0. The van der Waals surface area contributed by atoms with Crippen LogP contribution in [0, 0.1) is 0 Å². The van der Waals surface area contributed by atoms with Crippen LogP contribution in [0.5, 0.6) is 0 Å². The number of carbonyl (C=O) groups is 2. The van der Waals surface area contributed by atoms with Gasteiger partial charge in [-0.25, -0.2) is 4.68 Å². The van der Waals surface area contributed by atoms with E-state index >= 15 is 0 Å². The summed E-state index contributed by atoms with van der Waals surface area (Å²) < 4.78 is 1.55. The Labute approximate surface area is 149 Å². The lowest BCUT2D eigenvalue weighted by Gasteiger charge is -2.06. The number of hydrogen-bond donors (Lipinski definition) is 3. The van der Waals surface area contributed by atoms with Crippen molar-refractivity contribution in [3.8, 4) is 11.1 Å². The summed E-state index contributed by atoms with van der Waals surface area (Å²) in [6, 6.07) is 13.4. The van der Waals surface area contributed by atoms with Crippen LogP contribution in [0.1, 0.15) is 6.92 Å². The van der Waals surface area contributed by atoms with E-state index in [0.717, 1.165) is 27.7 Å². The SMILES string of the molecule is CC(=O)Nc1ccc(-c2ccc3c(cnn3/C(S)=C/C(N)=O)c2)cc1. The number of nitrogens with zero attached hydrogens (tertiary/aromatic N) is 2. The lowest BCUT2D eigenvalue weighted by Crippen LogP contribution is -2.08. The molecule has 0 aliphatic rings. The second-order valence-electron chi connectivity index (χ2n) is 5.49. The molecule has 3 N–H and O–H groups in total. The Morgan fingerprint density at radius 2 is 1.84 bits per heavy atom. The van der Waals surface area contributed by atoms with Gasteiger partial charge in [0, 0.05) is 24.1 Å². The van der Waals surface area contributed by atoms with Crippen LogP contribution in [0.25, 0.3) is 27.1 Å². The van der Waals surface area contributed by atoms with E-state index in [0.29, 0.717) is 5.03 Å². The normalized spacial score (nSPS) is 11.5. The van der Waals surface area contributed by atoms with Gasteiger partial charge in [-0.3, -0.25) is 9.59 Å². The number of nitrogens with one attached hydrogen (secondary N) is 1. The van der Waals surface area contributed by atoms with Crippen molar-refractivity contribution in [3.63, 3.8) is 0 Å². The largest absolute Gasteiger partial charge is 0.366 e. The van der Waals surface area contributed by atoms with E-state index in [2.05, 4.69) is 23.0 Å². The Bertz CT molecular complexity index is 990. The maximum atomic E-state index is 11.1. The van der Waals surface area contributed by atoms with E-state index in [4.69, 9.17) is 5.73 Å². The summed E-state index contributed by atoms with van der Waals surface area (Å²) in [5, 5.41) is 8.25. The number of thiol groups is 1. The first-order valence-electron chi connectivity index (χ1n) is 7.50. The third-order valence-corrected chi connectivity index (χ3v) is 3.91. The molecule has 0 bridgehead atoms. The fourth-order valence-corrected chi connectivity index (χ4v) is 2.82. The third kappa shape index (κ3) is 3.72. The highest BCUT2D eigenvalue weighted by molar-refractivity contribution is 7.90. The van der Waals surface area contributed by atoms with Gasteiger partial charge < -0.3 is 11.1 Å². The fourth-order valence-electron chi connectivity index (χ4n) is 2.53. The van der Waals surface area contributed by atoms with Crippen LogP contribution in [-0.4, -0.2) is 21.6 Å². The molecule has 0 aliphatic heterocycles. The average Bonchev–Trinajstić information content (AvgIpc) is 2.97. The van der Waals surface area contributed by atoms with Crippen molar-refractivity contribution in [2.24, 2.45) is 5.73 Å². The lowest BCUT2D eigenvalue weighted by atomic mass is 10.0. The molecule has 2 aromatic carbocycles. The van der Waals surface area contributed by atoms with E-state index in [9.17, 15) is 9.59 Å². The number of benzene rings is 2. The smallest absolute Gasteiger partial charge is 0.244 e. The quantitative estimate of drug-likeness (QED) is 0.498. The number of amides is 2. The minimum Gasteiger partial charge on any atom is -0.366 e. The van der Waals surface area contributed by atoms with Gasteiger partial charge in [0.1, 0.15) is 5.03 Å². The van der Waals surface area contributed by atoms with Gasteiger partial charge in [0.25, 0.3) is 0 Å². The second-order valence-corrected chi connectivity index (χ2v) is 5.95. The molecular formula is C18H16N4O2S. The van der Waals surface area contributed by atoms with Gasteiger partial charge in [-0.2, -0.15) is 5.10 Å². The highest BCUT2D eigenvalue weighted by Crippen LogP contribution is 2.27. The molecule has 3 aromatic rings. The van der Waals surface area contributed by atoms with Gasteiger partial charge in [0.2, 0.25) is 11.8 Å². The molecule has 0 fully saturated rings. The van der Waals surface area contributed by atoms with Gasteiger partial charge in [-0.05, 0) is 35.4 Å². The number of nitrogens with two attached hydrogens (primary N) is 1. The number of hydrogen-bond acceptors (Lipinski definition) is 4. The predicted molar refractivity (Wildman–Crippen MR) is 102 cm³/mol. The highest BCUT2D eigenvalue weighted by Gasteiger charge is 2.08. The molecule has 0 spiro atoms. The van der Waals surface area contributed by atoms with Crippen molar-refractivity contribution in [2.45, 2.75) is 6.92 Å². The molecular weight excluding hydrogens is 336 g/mol. The standard InChI is InChI=1S/C18H16N4O2S/c1-11(23)21-15-5-2-12(3-6-15)13-4-7-16-14(8-13)10-20-22(16)18(25)9-17(19)24/h2-10,25H,1H3,(H2,19,24)(H,21,23)/b18-9-. The van der Waals surface area contributed by atoms with Gasteiger partial charge in [0.05, 0.1) is 11.7 Å². The molecule has 6 nitrogen and oxygen atoms in total. The van der Waals surface area contributed by atoms with E-state index in [1.807, 2.05) is 42.5 Å². The average molecular weight is 352 g/mol. The summed E-state index contributed by atoms with van der Waals surface area (Å²) in [4.78, 5) is 22.1. The van der Waals surface area contributed by atoms with Crippen molar-refractivity contribution < 1.29 is 9.59 Å². The number of aromatic nitrogens is 2. The van der Waals surface area contributed by atoms with Crippen LogP contribution in [-0.2, 0) is 9.59 Å². The predicted octanol–water partition coefficient (Wildman–Crippen LogP) is 2.88. The molecule has 0 saturated heterocycles. The van der Waals surface area contributed by atoms with Crippen LogP contribution in [0.15, 0.2) is 54.7 Å². The van der Waals surface area contributed by atoms with Crippen molar-refractivity contribution >= 4 is 46.1 Å². The maximum Gasteiger partial charge on any atom is 0.244 e. The summed E-state index contributed by atoms with van der Waals surface area (Å²) >= 11 is 4.26. The van der Waals surface area contributed by atoms with E-state index in [1.54, 1.807) is 10.9 Å². The van der Waals surface area contributed by atoms with Crippen molar-refractivity contribution in [3.05, 3.63) is 54.7 Å². The third-order valence-electron chi connectivity index (χ3n) is 3.59. The van der Waals surface area contributed by atoms with Crippen LogP contribution in [0.2, 0.25) is 0 Å². The first kappa shape index (κ1) is 16.8. The highest BCUT2D eigenvalue weighted by atomic mass is 32.1. The lowest BCUT2D eigenvalue weighted by molar-refractivity contribution is -0.114. The van der Waals surface area contributed by atoms with Crippen LogP contribution in [0.4, 0.5) is 5.69 Å². The van der Waals surface area contributed by atoms with E-state index < -0.39 is 5.91 Å². The molecule has 25 heavy (non-hydrogen) atoms. The monoisotopic (exact) mass is 352 g/mol. The summed E-state index contributed by atoms with van der Waals surface area (Å²) in [6.07, 6.45) is 2.92. The first-order valence-corrected chi connectivity index (χ1v) is 7.95. The first-order chi connectivity index (χ1) is 11.9. The number of rotatable bonds is 4. The van der Waals surface area contributed by atoms with Crippen molar-refractivity contribution in [2.75, 3.05) is 5.32 Å². The van der Waals surface area contributed by atoms with Crippen LogP contribution >= 0.6 is 12.6 Å². The summed E-state index contributed by atoms with van der Waals surface area (Å²) in [5.74, 6) is -0.683. The van der Waals surface area contributed by atoms with Crippen LogP contribution in [0.3, 0.4) is 0 Å². The molecule has 3 rings (SSSR count). The Kier molecular flexibility index (Phi) is 4.58. The molecule has 7 heteroatoms. The summed E-state index contributed by atoms with van der Waals surface area (Å²) in [6.45, 7) is 1.47. The Hall–Kier alpha value is -3.06. The molecule has 2 amide bonds. The number of primary amides is 1. The topological polar surface area (TPSA) is 90.0 Å². The molecule has 0 atom stereocenters. The molecule has 0 unspecified atom stereocenters. The minimum atomic E-state index is -0.579. The molecule has 1 aromatic heterocycles. The van der Waals surface area contributed by atoms with Gasteiger partial charge in [-0.1, -0.05) is 18.2 Å². The number of fused-ring (bicyclic) bond motifs is 1. The summed E-state index contributed by atoms with van der Waals surface area (Å²) in [5.41, 5.74) is 8.76. The Morgan fingerprint density at radius 1 is 1.16 bits per heavy atom. The van der Waals surface area contributed by atoms with Crippen molar-refractivity contribution in [1.29, 1.82) is 0 Å². The van der Waals surface area contributed by atoms with Crippen molar-refractivity contribution in [1.82, 2.24) is 9.78 Å². The molecule has 0 radical (unpaired) electrons. The van der Waals surface area contributed by atoms with E-state index in [1.165, 1.54) is 13.0 Å². The van der Waals surface area contributed by atoms with Crippen LogP contribution < -0.4 is 11.1 Å². The van der Waals surface area contributed by atoms with Gasteiger partial charge in [0.15, 0.2) is 0 Å². The zero-order chi connectivity index (χ0) is 18.0. The Balaban J connectivity index is 1.94. The molecule has 126 valence electrons. The van der Waals surface area contributed by atoms with Gasteiger partial charge in [-0.15, -0.1) is 12.6 Å². The number of carbonyl (C=O) groups excluding carboxylic acids is 2. The minimum absolute atomic E-state index is 0.104. The second kappa shape index (κ2) is 6.82. The van der Waals surface area contributed by atoms with E-state index in [-0.39, 0.29) is 5.91 Å². The number of anilines is 1. The van der Waals surface area contributed by atoms with Gasteiger partial charge >= 0.3 is 0 Å². The zero-order valence-electron chi connectivity index (χ0n) is 13.4. The molecule has 0 saturated carbocycles. The Morgan fingerprint density at radius 3 is 2.48 bits per heavy atom. The molecule has 1 heterocycles. The zero-order valence-corrected chi connectivity index (χ0v) is 14.3.